The van der Waals surface area contributed by atoms with Crippen LogP contribution in [0.3, 0.4) is 0 Å². The summed E-state index contributed by atoms with van der Waals surface area (Å²) in [7, 11) is 0. The topological polar surface area (TPSA) is 56.5 Å². The van der Waals surface area contributed by atoms with Crippen LogP contribution in [-0.4, -0.2) is 23.7 Å². The number of alkyl halides is 1. The number of ether oxygens (including phenoxy) is 1. The molecule has 18 heavy (non-hydrogen) atoms. The van der Waals surface area contributed by atoms with Crippen LogP contribution in [0, 0.1) is 0 Å². The van der Waals surface area contributed by atoms with Gasteiger partial charge in [-0.05, 0) is 31.9 Å². The van der Waals surface area contributed by atoms with Crippen molar-refractivity contribution in [2.75, 3.05) is 11.9 Å². The van der Waals surface area contributed by atoms with Gasteiger partial charge in [0.25, 0.3) is 0 Å². The van der Waals surface area contributed by atoms with Gasteiger partial charge < -0.3 is 9.15 Å². The molecule has 100 valence electrons. The fourth-order valence-electron chi connectivity index (χ4n) is 1.48. The quantitative estimate of drug-likeness (QED) is 0.318. The molecule has 4 nitrogen and oxygen atoms in total. The number of furan rings is 1. The van der Waals surface area contributed by atoms with E-state index in [0.29, 0.717) is 6.42 Å². The minimum atomic E-state index is -0.532. The molecule has 0 amide bonds. The maximum atomic E-state index is 11.7. The summed E-state index contributed by atoms with van der Waals surface area (Å²) in [6.07, 6.45) is 3.34. The highest BCUT2D eigenvalue weighted by Gasteiger charge is 2.15. The van der Waals surface area contributed by atoms with E-state index in [1.54, 1.807) is 6.92 Å². The van der Waals surface area contributed by atoms with Gasteiger partial charge in [-0.25, -0.2) is 4.79 Å². The molecule has 1 aromatic heterocycles. The van der Waals surface area contributed by atoms with Gasteiger partial charge in [0, 0.05) is 11.8 Å². The van der Waals surface area contributed by atoms with Crippen molar-refractivity contribution in [3.8, 4) is 0 Å². The van der Waals surface area contributed by atoms with Crippen LogP contribution in [-0.2, 0) is 4.74 Å². The first-order chi connectivity index (χ1) is 8.69. The van der Waals surface area contributed by atoms with Gasteiger partial charge in [0.15, 0.2) is 11.5 Å². The Kier molecular flexibility index (Phi) is 6.72. The summed E-state index contributed by atoms with van der Waals surface area (Å²) in [6.45, 7) is 2.01. The molecule has 1 rings (SSSR count). The number of halogens is 1. The highest BCUT2D eigenvalue weighted by Crippen LogP contribution is 2.13. The highest BCUT2D eigenvalue weighted by atomic mass is 79.9. The molecule has 0 unspecified atom stereocenters. The fourth-order valence-corrected chi connectivity index (χ4v) is 1.88. The summed E-state index contributed by atoms with van der Waals surface area (Å²) >= 11 is 3.34. The van der Waals surface area contributed by atoms with Gasteiger partial charge >= 0.3 is 5.97 Å². The molecule has 1 aromatic rings. The Labute approximate surface area is 115 Å². The van der Waals surface area contributed by atoms with E-state index in [2.05, 4.69) is 15.9 Å². The van der Waals surface area contributed by atoms with Gasteiger partial charge in [0.2, 0.25) is 5.76 Å². The number of unbranched alkanes of at least 4 members (excludes halogenated alkanes) is 2. The average molecular weight is 317 g/mol. The van der Waals surface area contributed by atoms with Crippen LogP contribution in [0.2, 0.25) is 0 Å². The van der Waals surface area contributed by atoms with Crippen LogP contribution in [0.15, 0.2) is 16.5 Å². The lowest BCUT2D eigenvalue weighted by molar-refractivity contribution is 0.0488. The van der Waals surface area contributed by atoms with E-state index >= 15 is 0 Å². The summed E-state index contributed by atoms with van der Waals surface area (Å²) in [5.74, 6) is -0.284. The molecule has 0 saturated carbocycles. The van der Waals surface area contributed by atoms with Crippen molar-refractivity contribution in [1.82, 2.24) is 0 Å². The Morgan fingerprint density at radius 2 is 1.94 bits per heavy atom. The molecule has 0 fully saturated rings. The van der Waals surface area contributed by atoms with Crippen LogP contribution >= 0.6 is 15.9 Å². The second-order valence-corrected chi connectivity index (χ2v) is 4.60. The number of carbonyl (C=O) groups is 2. The van der Waals surface area contributed by atoms with Crippen molar-refractivity contribution in [1.29, 1.82) is 0 Å². The van der Waals surface area contributed by atoms with Crippen LogP contribution in [0.5, 0.6) is 0 Å². The normalized spacial score (nSPS) is 10.3. The Hall–Kier alpha value is -1.10. The van der Waals surface area contributed by atoms with Crippen molar-refractivity contribution in [3.63, 3.8) is 0 Å². The van der Waals surface area contributed by atoms with Crippen LogP contribution in [0.25, 0.3) is 0 Å². The molecule has 0 aliphatic carbocycles. The maximum absolute atomic E-state index is 11.7. The number of esters is 1. The van der Waals surface area contributed by atoms with Gasteiger partial charge in [0.05, 0.1) is 6.61 Å². The number of Topliss-reactive ketones (excluding diaryl/α,β-unsaturated/α-hetero) is 1. The zero-order valence-corrected chi connectivity index (χ0v) is 12.0. The number of ketones is 1. The lowest BCUT2D eigenvalue weighted by atomic mass is 10.1. The predicted molar refractivity (Wildman–Crippen MR) is 71.3 cm³/mol. The van der Waals surface area contributed by atoms with Gasteiger partial charge in [-0.15, -0.1) is 0 Å². The van der Waals surface area contributed by atoms with Gasteiger partial charge in [-0.1, -0.05) is 22.4 Å². The average Bonchev–Trinajstić information content (AvgIpc) is 2.84. The van der Waals surface area contributed by atoms with E-state index < -0.39 is 5.97 Å². The second kappa shape index (κ2) is 8.08. The maximum Gasteiger partial charge on any atom is 0.374 e. The first-order valence-corrected chi connectivity index (χ1v) is 7.17. The van der Waals surface area contributed by atoms with Gasteiger partial charge in [0.1, 0.15) is 0 Å². The molecule has 0 radical (unpaired) electrons. The summed E-state index contributed by atoms with van der Waals surface area (Å²) in [6, 6.07) is 3.00. The van der Waals surface area contributed by atoms with Crippen LogP contribution < -0.4 is 0 Å². The zero-order chi connectivity index (χ0) is 13.4. The third kappa shape index (κ3) is 4.64. The SMILES string of the molecule is CCOC(=O)c1ccc(C(=O)CCCCCBr)o1. The number of hydrogen-bond acceptors (Lipinski definition) is 4. The second-order valence-electron chi connectivity index (χ2n) is 3.81. The molecule has 0 atom stereocenters. The zero-order valence-electron chi connectivity index (χ0n) is 10.4. The Morgan fingerprint density at radius 3 is 2.61 bits per heavy atom. The van der Waals surface area contributed by atoms with Gasteiger partial charge in [-0.3, -0.25) is 4.79 Å². The largest absolute Gasteiger partial charge is 0.460 e. The fraction of sp³-hybridized carbons (Fsp3) is 0.538. The molecule has 0 spiro atoms. The van der Waals surface area contributed by atoms with Crippen molar-refractivity contribution in [3.05, 3.63) is 23.7 Å². The molecule has 0 saturated heterocycles. The van der Waals surface area contributed by atoms with E-state index in [1.807, 2.05) is 0 Å². The summed E-state index contributed by atoms with van der Waals surface area (Å²) in [4.78, 5) is 23.1. The van der Waals surface area contributed by atoms with Crippen LogP contribution in [0.4, 0.5) is 0 Å². The molecule has 0 aliphatic heterocycles. The molecule has 0 aromatic carbocycles. The third-order valence-corrected chi connectivity index (χ3v) is 2.96. The van der Waals surface area contributed by atoms with Crippen molar-refractivity contribution in [2.45, 2.75) is 32.6 Å². The van der Waals surface area contributed by atoms with Crippen molar-refractivity contribution in [2.24, 2.45) is 0 Å². The Bertz CT molecular complexity index is 397. The summed E-state index contributed by atoms with van der Waals surface area (Å²) in [5.41, 5.74) is 0. The molecule has 0 bridgehead atoms. The molecule has 1 heterocycles. The lowest BCUT2D eigenvalue weighted by Gasteiger charge is -1.98. The minimum Gasteiger partial charge on any atom is -0.460 e. The number of carbonyl (C=O) groups excluding carboxylic acids is 2. The smallest absolute Gasteiger partial charge is 0.374 e. The van der Waals surface area contributed by atoms with E-state index in [0.717, 1.165) is 24.6 Å². The standard InChI is InChI=1S/C13H17BrO4/c1-2-17-13(16)12-8-7-11(18-12)10(15)6-4-3-5-9-14/h7-8H,2-6,9H2,1H3. The van der Waals surface area contributed by atoms with Crippen molar-refractivity contribution < 1.29 is 18.7 Å². The first-order valence-electron chi connectivity index (χ1n) is 6.05. The monoisotopic (exact) mass is 316 g/mol. The number of hydrogen-bond donors (Lipinski definition) is 0. The summed E-state index contributed by atoms with van der Waals surface area (Å²) < 4.78 is 9.97. The van der Waals surface area contributed by atoms with E-state index in [4.69, 9.17) is 9.15 Å². The predicted octanol–water partition coefficient (Wildman–Crippen LogP) is 3.59. The van der Waals surface area contributed by atoms with Crippen LogP contribution in [0.1, 0.15) is 53.7 Å². The lowest BCUT2D eigenvalue weighted by Crippen LogP contribution is -2.03. The Morgan fingerprint density at radius 1 is 1.22 bits per heavy atom. The highest BCUT2D eigenvalue weighted by molar-refractivity contribution is 9.09. The van der Waals surface area contributed by atoms with E-state index in [9.17, 15) is 9.59 Å². The molecular formula is C13H17BrO4. The third-order valence-electron chi connectivity index (χ3n) is 2.39. The Balaban J connectivity index is 2.46. The first kappa shape index (κ1) is 15.0. The van der Waals surface area contributed by atoms with E-state index in [1.165, 1.54) is 12.1 Å². The molecule has 5 heteroatoms. The summed E-state index contributed by atoms with van der Waals surface area (Å²) in [5, 5.41) is 0.953. The van der Waals surface area contributed by atoms with Crippen molar-refractivity contribution >= 4 is 27.7 Å². The number of rotatable bonds is 8. The molecule has 0 aliphatic rings. The van der Waals surface area contributed by atoms with Gasteiger partial charge in [-0.2, -0.15) is 0 Å². The van der Waals surface area contributed by atoms with E-state index in [-0.39, 0.29) is 23.9 Å². The molecular weight excluding hydrogens is 300 g/mol. The molecule has 0 N–H and O–H groups in total. The minimum absolute atomic E-state index is 0.0693.